The van der Waals surface area contributed by atoms with Gasteiger partial charge in [-0.2, -0.15) is 5.10 Å². The summed E-state index contributed by atoms with van der Waals surface area (Å²) in [6.45, 7) is 3.79. The number of nitrogens with one attached hydrogen (secondary N) is 1. The summed E-state index contributed by atoms with van der Waals surface area (Å²) < 4.78 is 0. The maximum Gasteiger partial charge on any atom is 0.326 e. The van der Waals surface area contributed by atoms with E-state index in [-0.39, 0.29) is 30.4 Å². The molecule has 1 unspecified atom stereocenters. The lowest BCUT2D eigenvalue weighted by Crippen LogP contribution is -2.47. The molecule has 0 spiro atoms. The number of hydrogen-bond donors (Lipinski definition) is 2. The molecule has 1 atom stereocenters. The number of carbonyl (C=O) groups is 3. The minimum absolute atomic E-state index is 0.0117. The van der Waals surface area contributed by atoms with E-state index < -0.39 is 17.9 Å². The third-order valence-electron chi connectivity index (χ3n) is 4.53. The first-order chi connectivity index (χ1) is 11.9. The van der Waals surface area contributed by atoms with E-state index in [1.807, 2.05) is 32.0 Å². The first-order valence-electron chi connectivity index (χ1n) is 8.38. The first-order valence-corrected chi connectivity index (χ1v) is 8.38. The molecule has 1 aliphatic carbocycles. The van der Waals surface area contributed by atoms with Gasteiger partial charge in [0.05, 0.1) is 5.69 Å². The molecule has 0 aromatic heterocycles. The lowest BCUT2D eigenvalue weighted by atomic mass is 10.1. The molecular weight excluding hydrogens is 322 g/mol. The van der Waals surface area contributed by atoms with Gasteiger partial charge in [0, 0.05) is 12.8 Å². The number of carboxylic acid groups (broad SMARTS) is 1. The topological polar surface area (TPSA) is 99.1 Å². The zero-order valence-corrected chi connectivity index (χ0v) is 14.3. The third kappa shape index (κ3) is 3.70. The number of aryl methyl sites for hydroxylation is 2. The van der Waals surface area contributed by atoms with Gasteiger partial charge in [0.2, 0.25) is 5.91 Å². The summed E-state index contributed by atoms with van der Waals surface area (Å²) in [5, 5.41) is 17.3. The Bertz CT molecular complexity index is 768. The second kappa shape index (κ2) is 6.66. The van der Waals surface area contributed by atoms with Crippen LogP contribution in [0, 0.1) is 19.8 Å². The van der Waals surface area contributed by atoms with Crippen molar-refractivity contribution in [2.24, 2.45) is 11.0 Å². The SMILES string of the molecule is Cc1ccc(C)c(N2N=C(C(=O)NC(C(=O)O)C3CC3)CCC2=O)c1. The second-order valence-corrected chi connectivity index (χ2v) is 6.67. The van der Waals surface area contributed by atoms with E-state index in [2.05, 4.69) is 10.4 Å². The van der Waals surface area contributed by atoms with E-state index >= 15 is 0 Å². The van der Waals surface area contributed by atoms with Crippen LogP contribution in [0.5, 0.6) is 0 Å². The van der Waals surface area contributed by atoms with E-state index in [0.29, 0.717) is 5.69 Å². The fraction of sp³-hybridized carbons (Fsp3) is 0.444. The summed E-state index contributed by atoms with van der Waals surface area (Å²) in [6, 6.07) is 4.80. The van der Waals surface area contributed by atoms with Crippen LogP contribution in [-0.4, -0.2) is 34.6 Å². The van der Waals surface area contributed by atoms with Crippen molar-refractivity contribution in [3.05, 3.63) is 29.3 Å². The van der Waals surface area contributed by atoms with Crippen molar-refractivity contribution in [1.29, 1.82) is 0 Å². The number of anilines is 1. The summed E-state index contributed by atoms with van der Waals surface area (Å²) in [5.74, 6) is -1.73. The molecule has 1 heterocycles. The molecule has 1 fully saturated rings. The fourth-order valence-corrected chi connectivity index (χ4v) is 2.89. The Morgan fingerprint density at radius 3 is 2.64 bits per heavy atom. The molecular formula is C18H21N3O4. The van der Waals surface area contributed by atoms with Crippen LogP contribution in [0.15, 0.2) is 23.3 Å². The second-order valence-electron chi connectivity index (χ2n) is 6.67. The smallest absolute Gasteiger partial charge is 0.326 e. The number of amides is 2. The molecule has 1 aromatic carbocycles. The standard InChI is InChI=1S/C18H21N3O4/c1-10-3-4-11(2)14(9-10)21-15(22)8-7-13(20-21)17(23)19-16(18(24)25)12-5-6-12/h3-4,9,12,16H,5-8H2,1-2H3,(H,19,23)(H,24,25). The Labute approximate surface area is 145 Å². The Balaban J connectivity index is 1.83. The number of hydrazone groups is 1. The number of carboxylic acids is 1. The summed E-state index contributed by atoms with van der Waals surface area (Å²) >= 11 is 0. The molecule has 2 amide bonds. The van der Waals surface area contributed by atoms with Crippen LogP contribution >= 0.6 is 0 Å². The third-order valence-corrected chi connectivity index (χ3v) is 4.53. The quantitative estimate of drug-likeness (QED) is 0.851. The van der Waals surface area contributed by atoms with Crippen LogP contribution in [0.1, 0.15) is 36.8 Å². The van der Waals surface area contributed by atoms with Gasteiger partial charge >= 0.3 is 5.97 Å². The Morgan fingerprint density at radius 2 is 2.00 bits per heavy atom. The predicted octanol–water partition coefficient (Wildman–Crippen LogP) is 1.77. The van der Waals surface area contributed by atoms with Gasteiger partial charge in [-0.3, -0.25) is 9.59 Å². The first kappa shape index (κ1) is 17.1. The normalized spacial score (nSPS) is 18.6. The number of hydrogen-bond acceptors (Lipinski definition) is 4. The van der Waals surface area contributed by atoms with Gasteiger partial charge < -0.3 is 10.4 Å². The van der Waals surface area contributed by atoms with Gasteiger partial charge in [-0.25, -0.2) is 9.80 Å². The van der Waals surface area contributed by atoms with E-state index in [1.165, 1.54) is 5.01 Å². The van der Waals surface area contributed by atoms with E-state index in [0.717, 1.165) is 24.0 Å². The fourth-order valence-electron chi connectivity index (χ4n) is 2.89. The average Bonchev–Trinajstić information content (AvgIpc) is 3.39. The van der Waals surface area contributed by atoms with Crippen LogP contribution < -0.4 is 10.3 Å². The molecule has 0 radical (unpaired) electrons. The number of benzene rings is 1. The maximum atomic E-state index is 12.4. The molecule has 25 heavy (non-hydrogen) atoms. The summed E-state index contributed by atoms with van der Waals surface area (Å²) in [4.78, 5) is 36.0. The van der Waals surface area contributed by atoms with Crippen molar-refractivity contribution in [2.45, 2.75) is 45.6 Å². The van der Waals surface area contributed by atoms with Crippen molar-refractivity contribution >= 4 is 29.2 Å². The molecule has 7 heteroatoms. The van der Waals surface area contributed by atoms with Gasteiger partial charge in [-0.05, 0) is 49.8 Å². The summed E-state index contributed by atoms with van der Waals surface area (Å²) in [7, 11) is 0. The lowest BCUT2D eigenvalue weighted by Gasteiger charge is -2.25. The molecule has 1 aromatic rings. The Kier molecular flexibility index (Phi) is 4.57. The molecule has 7 nitrogen and oxygen atoms in total. The van der Waals surface area contributed by atoms with Crippen LogP contribution in [0.4, 0.5) is 5.69 Å². The highest BCUT2D eigenvalue weighted by molar-refractivity contribution is 6.40. The lowest BCUT2D eigenvalue weighted by molar-refractivity contribution is -0.141. The van der Waals surface area contributed by atoms with E-state index in [1.54, 1.807) is 0 Å². The number of aliphatic carboxylic acids is 1. The molecule has 2 N–H and O–H groups in total. The Hall–Kier alpha value is -2.70. The van der Waals surface area contributed by atoms with Gasteiger partial charge in [0.1, 0.15) is 11.8 Å². The van der Waals surface area contributed by atoms with Crippen molar-refractivity contribution in [3.63, 3.8) is 0 Å². The van der Waals surface area contributed by atoms with Crippen LogP contribution in [0.25, 0.3) is 0 Å². The Morgan fingerprint density at radius 1 is 1.28 bits per heavy atom. The van der Waals surface area contributed by atoms with Gasteiger partial charge in [-0.1, -0.05) is 12.1 Å². The summed E-state index contributed by atoms with van der Waals surface area (Å²) in [5.41, 5.74) is 2.70. The minimum atomic E-state index is -1.03. The molecule has 2 aliphatic rings. The molecule has 1 saturated carbocycles. The van der Waals surface area contributed by atoms with Crippen molar-refractivity contribution in [3.8, 4) is 0 Å². The van der Waals surface area contributed by atoms with Gasteiger partial charge in [0.15, 0.2) is 0 Å². The van der Waals surface area contributed by atoms with Crippen LogP contribution in [0.2, 0.25) is 0 Å². The number of rotatable bonds is 5. The molecule has 1 aliphatic heterocycles. The van der Waals surface area contributed by atoms with E-state index in [4.69, 9.17) is 0 Å². The zero-order chi connectivity index (χ0) is 18.1. The van der Waals surface area contributed by atoms with Gasteiger partial charge in [-0.15, -0.1) is 0 Å². The number of nitrogens with zero attached hydrogens (tertiary/aromatic N) is 2. The highest BCUT2D eigenvalue weighted by atomic mass is 16.4. The molecule has 3 rings (SSSR count). The predicted molar refractivity (Wildman–Crippen MR) is 92.4 cm³/mol. The minimum Gasteiger partial charge on any atom is -0.480 e. The largest absolute Gasteiger partial charge is 0.480 e. The van der Waals surface area contributed by atoms with Crippen LogP contribution in [-0.2, 0) is 14.4 Å². The molecule has 0 saturated heterocycles. The van der Waals surface area contributed by atoms with Gasteiger partial charge in [0.25, 0.3) is 5.91 Å². The van der Waals surface area contributed by atoms with Crippen LogP contribution in [0.3, 0.4) is 0 Å². The van der Waals surface area contributed by atoms with E-state index in [9.17, 15) is 19.5 Å². The zero-order valence-electron chi connectivity index (χ0n) is 14.3. The number of carbonyl (C=O) groups excluding carboxylic acids is 2. The molecule has 132 valence electrons. The van der Waals surface area contributed by atoms with Crippen molar-refractivity contribution in [2.75, 3.05) is 5.01 Å². The average molecular weight is 343 g/mol. The highest BCUT2D eigenvalue weighted by Crippen LogP contribution is 2.33. The maximum absolute atomic E-state index is 12.4. The summed E-state index contributed by atoms with van der Waals surface area (Å²) in [6.07, 6.45) is 1.98. The highest BCUT2D eigenvalue weighted by Gasteiger charge is 2.38. The monoisotopic (exact) mass is 343 g/mol. The van der Waals surface area contributed by atoms with Crippen molar-refractivity contribution < 1.29 is 19.5 Å². The van der Waals surface area contributed by atoms with Crippen molar-refractivity contribution in [1.82, 2.24) is 5.32 Å². The molecule has 0 bridgehead atoms.